The van der Waals surface area contributed by atoms with Crippen LogP contribution in [0.2, 0.25) is 0 Å². The predicted octanol–water partition coefficient (Wildman–Crippen LogP) is 6.08. The number of nitro groups is 1. The summed E-state index contributed by atoms with van der Waals surface area (Å²) in [6, 6.07) is 23.4. The first-order chi connectivity index (χ1) is 22.1. The van der Waals surface area contributed by atoms with Crippen molar-refractivity contribution in [1.29, 1.82) is 0 Å². The van der Waals surface area contributed by atoms with Gasteiger partial charge in [-0.3, -0.25) is 34.2 Å². The molecule has 3 amide bonds. The highest BCUT2D eigenvalue weighted by molar-refractivity contribution is 6.14. The summed E-state index contributed by atoms with van der Waals surface area (Å²) in [5.41, 5.74) is 4.10. The zero-order chi connectivity index (χ0) is 33.0. The minimum Gasteiger partial charge on any atom is -0.465 e. The topological polar surface area (TPSA) is 139 Å². The molecule has 4 aromatic carbocycles. The summed E-state index contributed by atoms with van der Waals surface area (Å²) in [7, 11) is 0. The number of nitrogens with zero attached hydrogens (tertiary/aromatic N) is 3. The predicted molar refractivity (Wildman–Crippen MR) is 174 cm³/mol. The summed E-state index contributed by atoms with van der Waals surface area (Å²) in [5, 5.41) is 15.0. The summed E-state index contributed by atoms with van der Waals surface area (Å²) in [6.45, 7) is 5.35. The standard InChI is InChI=1S/C35H32N4O7/c1-4-46-33(41)21-38-30-12-8-7-11-29(30)37(18-17-32(38)40)35(43)28-16-14-24(20-31(28)39(44)45)36-34(42)27-10-6-5-9-26(27)25-15-13-22(2)19-23(25)3/h5-16,19-20H,4,17-18,21H2,1-3H3,(H,36,42). The molecule has 0 atom stereocenters. The molecule has 11 nitrogen and oxygen atoms in total. The van der Waals surface area contributed by atoms with E-state index in [1.165, 1.54) is 21.9 Å². The average molecular weight is 621 g/mol. The van der Waals surface area contributed by atoms with Crippen LogP contribution in [0.3, 0.4) is 0 Å². The Balaban J connectivity index is 1.45. The van der Waals surface area contributed by atoms with Gasteiger partial charge in [0.05, 0.1) is 22.9 Å². The molecule has 46 heavy (non-hydrogen) atoms. The number of nitrogens with one attached hydrogen (secondary N) is 1. The lowest BCUT2D eigenvalue weighted by Gasteiger charge is -2.25. The first-order valence-electron chi connectivity index (χ1n) is 14.7. The lowest BCUT2D eigenvalue weighted by Crippen LogP contribution is -2.36. The van der Waals surface area contributed by atoms with Gasteiger partial charge in [0, 0.05) is 30.3 Å². The Morgan fingerprint density at radius 1 is 0.891 bits per heavy atom. The highest BCUT2D eigenvalue weighted by Crippen LogP contribution is 2.35. The van der Waals surface area contributed by atoms with Gasteiger partial charge in [-0.25, -0.2) is 0 Å². The van der Waals surface area contributed by atoms with E-state index in [0.717, 1.165) is 22.8 Å². The zero-order valence-corrected chi connectivity index (χ0v) is 25.6. The molecule has 1 heterocycles. The summed E-state index contributed by atoms with van der Waals surface area (Å²) < 4.78 is 5.02. The SMILES string of the molecule is CCOC(=O)CN1C(=O)CCN(C(=O)c2ccc(NC(=O)c3ccccc3-c3ccc(C)cc3C)cc2[N+](=O)[O-])c2ccccc21. The van der Waals surface area contributed by atoms with Crippen molar-refractivity contribution in [3.63, 3.8) is 0 Å². The number of ether oxygens (including phenoxy) is 1. The minimum atomic E-state index is -0.706. The monoisotopic (exact) mass is 620 g/mol. The van der Waals surface area contributed by atoms with E-state index in [4.69, 9.17) is 4.74 Å². The van der Waals surface area contributed by atoms with Gasteiger partial charge in [-0.15, -0.1) is 0 Å². The van der Waals surface area contributed by atoms with Crippen LogP contribution < -0.4 is 15.1 Å². The third-order valence-electron chi connectivity index (χ3n) is 7.68. The Kier molecular flexibility index (Phi) is 9.22. The highest BCUT2D eigenvalue weighted by Gasteiger charge is 2.33. The molecule has 5 rings (SSSR count). The number of carbonyl (C=O) groups excluding carboxylic acids is 4. The van der Waals surface area contributed by atoms with Crippen LogP contribution in [-0.2, 0) is 14.3 Å². The average Bonchev–Trinajstić information content (AvgIpc) is 3.17. The van der Waals surface area contributed by atoms with Gasteiger partial charge < -0.3 is 15.0 Å². The molecule has 234 valence electrons. The molecule has 1 N–H and O–H groups in total. The molecule has 0 saturated carbocycles. The van der Waals surface area contributed by atoms with E-state index >= 15 is 0 Å². The van der Waals surface area contributed by atoms with Gasteiger partial charge in [-0.1, -0.05) is 54.1 Å². The number of benzene rings is 4. The van der Waals surface area contributed by atoms with Crippen LogP contribution in [0.1, 0.15) is 45.2 Å². The molecule has 0 aromatic heterocycles. The van der Waals surface area contributed by atoms with Gasteiger partial charge in [-0.2, -0.15) is 0 Å². The van der Waals surface area contributed by atoms with Crippen LogP contribution in [0.5, 0.6) is 0 Å². The summed E-state index contributed by atoms with van der Waals surface area (Å²) in [6.07, 6.45) is -0.123. The second-order valence-corrected chi connectivity index (χ2v) is 10.8. The fourth-order valence-corrected chi connectivity index (χ4v) is 5.55. The number of esters is 1. The molecule has 0 radical (unpaired) electrons. The van der Waals surface area contributed by atoms with Crippen LogP contribution in [0, 0.1) is 24.0 Å². The number of para-hydroxylation sites is 2. The van der Waals surface area contributed by atoms with Crippen LogP contribution >= 0.6 is 0 Å². The fourth-order valence-electron chi connectivity index (χ4n) is 5.55. The first-order valence-corrected chi connectivity index (χ1v) is 14.7. The highest BCUT2D eigenvalue weighted by atomic mass is 16.6. The van der Waals surface area contributed by atoms with E-state index in [1.807, 2.05) is 44.2 Å². The second-order valence-electron chi connectivity index (χ2n) is 10.8. The van der Waals surface area contributed by atoms with E-state index in [0.29, 0.717) is 22.5 Å². The van der Waals surface area contributed by atoms with Gasteiger partial charge in [0.2, 0.25) is 5.91 Å². The third kappa shape index (κ3) is 6.48. The van der Waals surface area contributed by atoms with Gasteiger partial charge in [0.1, 0.15) is 12.1 Å². The van der Waals surface area contributed by atoms with E-state index in [-0.39, 0.29) is 37.4 Å². The van der Waals surface area contributed by atoms with Crippen molar-refractivity contribution in [3.05, 3.63) is 117 Å². The summed E-state index contributed by atoms with van der Waals surface area (Å²) in [4.78, 5) is 66.7. The third-order valence-corrected chi connectivity index (χ3v) is 7.68. The number of rotatable bonds is 8. The Bertz CT molecular complexity index is 1870. The maximum atomic E-state index is 13.9. The lowest BCUT2D eigenvalue weighted by molar-refractivity contribution is -0.385. The van der Waals surface area contributed by atoms with Crippen molar-refractivity contribution < 1.29 is 28.8 Å². The van der Waals surface area contributed by atoms with Crippen molar-refractivity contribution in [2.75, 3.05) is 34.8 Å². The minimum absolute atomic E-state index is 0.0706. The van der Waals surface area contributed by atoms with Gasteiger partial charge >= 0.3 is 5.97 Å². The smallest absolute Gasteiger partial charge is 0.326 e. The summed E-state index contributed by atoms with van der Waals surface area (Å²) >= 11 is 0. The fraction of sp³-hybridized carbons (Fsp3) is 0.200. The van der Waals surface area contributed by atoms with Crippen LogP contribution in [0.15, 0.2) is 84.9 Å². The largest absolute Gasteiger partial charge is 0.465 e. The Labute approximate surface area is 265 Å². The number of anilines is 3. The molecule has 0 aliphatic carbocycles. The van der Waals surface area contributed by atoms with E-state index < -0.39 is 34.3 Å². The molecule has 0 fully saturated rings. The number of amides is 3. The lowest BCUT2D eigenvalue weighted by atomic mass is 9.94. The van der Waals surface area contributed by atoms with Crippen molar-refractivity contribution >= 4 is 46.4 Å². The normalized spacial score (nSPS) is 12.6. The second kappa shape index (κ2) is 13.4. The molecular weight excluding hydrogens is 588 g/mol. The number of hydrogen-bond acceptors (Lipinski definition) is 7. The Morgan fingerprint density at radius 3 is 2.33 bits per heavy atom. The number of carbonyl (C=O) groups is 4. The van der Waals surface area contributed by atoms with Crippen LogP contribution in [0.25, 0.3) is 11.1 Å². The van der Waals surface area contributed by atoms with Crippen LogP contribution in [-0.4, -0.2) is 48.3 Å². The molecule has 4 aromatic rings. The molecule has 0 saturated heterocycles. The summed E-state index contributed by atoms with van der Waals surface area (Å²) in [5.74, 6) is -2.17. The molecule has 0 spiro atoms. The maximum Gasteiger partial charge on any atom is 0.326 e. The van der Waals surface area contributed by atoms with E-state index in [9.17, 15) is 29.3 Å². The van der Waals surface area contributed by atoms with Crippen LogP contribution in [0.4, 0.5) is 22.7 Å². The molecule has 0 bridgehead atoms. The van der Waals surface area contributed by atoms with Crippen molar-refractivity contribution in [3.8, 4) is 11.1 Å². The molecule has 1 aliphatic heterocycles. The first kappa shape index (κ1) is 31.6. The Morgan fingerprint density at radius 2 is 1.61 bits per heavy atom. The molecule has 11 heteroatoms. The molecular formula is C35H32N4O7. The number of aryl methyl sites for hydroxylation is 2. The number of nitro benzene ring substituents is 1. The zero-order valence-electron chi connectivity index (χ0n) is 25.6. The number of hydrogen-bond donors (Lipinski definition) is 1. The van der Waals surface area contributed by atoms with Crippen molar-refractivity contribution in [1.82, 2.24) is 0 Å². The van der Waals surface area contributed by atoms with Gasteiger partial charge in [0.15, 0.2) is 0 Å². The molecule has 1 aliphatic rings. The molecule has 0 unspecified atom stereocenters. The van der Waals surface area contributed by atoms with Crippen molar-refractivity contribution in [2.24, 2.45) is 0 Å². The maximum absolute atomic E-state index is 13.9. The van der Waals surface area contributed by atoms with Gasteiger partial charge in [-0.05, 0) is 67.8 Å². The number of fused-ring (bicyclic) bond motifs is 1. The van der Waals surface area contributed by atoms with Crippen molar-refractivity contribution in [2.45, 2.75) is 27.2 Å². The van der Waals surface area contributed by atoms with Gasteiger partial charge in [0.25, 0.3) is 17.5 Å². The van der Waals surface area contributed by atoms with E-state index in [2.05, 4.69) is 5.32 Å². The quantitative estimate of drug-likeness (QED) is 0.143. The van der Waals surface area contributed by atoms with E-state index in [1.54, 1.807) is 43.3 Å². The Hall–Kier alpha value is -5.84.